The van der Waals surface area contributed by atoms with Gasteiger partial charge in [-0.3, -0.25) is 4.79 Å². The summed E-state index contributed by atoms with van der Waals surface area (Å²) in [5.41, 5.74) is 4.15. The van der Waals surface area contributed by atoms with Crippen molar-refractivity contribution in [1.82, 2.24) is 0 Å². The van der Waals surface area contributed by atoms with E-state index in [1.54, 1.807) is 12.1 Å². The maximum atomic E-state index is 12.6. The predicted octanol–water partition coefficient (Wildman–Crippen LogP) is 3.60. The van der Waals surface area contributed by atoms with E-state index in [0.717, 1.165) is 34.2 Å². The molecule has 0 unspecified atom stereocenters. The van der Waals surface area contributed by atoms with E-state index in [-0.39, 0.29) is 11.5 Å². The quantitative estimate of drug-likeness (QED) is 0.727. The lowest BCUT2D eigenvalue weighted by Gasteiger charge is -2.11. The Morgan fingerprint density at radius 3 is 2.76 bits per heavy atom. The molecule has 0 fully saturated rings. The van der Waals surface area contributed by atoms with Crippen molar-refractivity contribution in [3.05, 3.63) is 69.1 Å². The molecule has 1 aliphatic rings. The van der Waals surface area contributed by atoms with Gasteiger partial charge in [-0.2, -0.15) is 0 Å². The van der Waals surface area contributed by atoms with E-state index in [0.29, 0.717) is 23.4 Å². The van der Waals surface area contributed by atoms with Gasteiger partial charge >= 0.3 is 5.63 Å². The number of hydrogen-bond donors (Lipinski definition) is 1. The zero-order chi connectivity index (χ0) is 17.6. The molecule has 0 radical (unpaired) electrons. The third-order valence-corrected chi connectivity index (χ3v) is 4.50. The van der Waals surface area contributed by atoms with E-state index in [4.69, 9.17) is 9.15 Å². The minimum absolute atomic E-state index is 0.174. The van der Waals surface area contributed by atoms with Crippen LogP contribution in [0.4, 0.5) is 5.69 Å². The van der Waals surface area contributed by atoms with Crippen molar-refractivity contribution in [3.8, 4) is 5.75 Å². The number of nitrogens with one attached hydrogen (secondary N) is 1. The zero-order valence-corrected chi connectivity index (χ0v) is 14.0. The van der Waals surface area contributed by atoms with E-state index in [2.05, 4.69) is 5.32 Å². The van der Waals surface area contributed by atoms with E-state index in [9.17, 15) is 9.59 Å². The number of fused-ring (bicyclic) bond motifs is 2. The van der Waals surface area contributed by atoms with Gasteiger partial charge in [0.05, 0.1) is 6.61 Å². The molecular weight excluding hydrogens is 318 g/mol. The molecule has 2 heterocycles. The number of carbonyl (C=O) groups excluding carboxylic acids is 1. The number of benzene rings is 2. The van der Waals surface area contributed by atoms with Crippen LogP contribution in [0.15, 0.2) is 45.6 Å². The molecule has 1 amide bonds. The largest absolute Gasteiger partial charge is 0.493 e. The zero-order valence-electron chi connectivity index (χ0n) is 14.0. The van der Waals surface area contributed by atoms with Crippen molar-refractivity contribution in [2.45, 2.75) is 20.3 Å². The Kier molecular flexibility index (Phi) is 3.57. The second kappa shape index (κ2) is 5.77. The van der Waals surface area contributed by atoms with Crippen molar-refractivity contribution >= 4 is 22.6 Å². The SMILES string of the molecule is Cc1cc2oc(=O)cc(C)c2cc1NC(=O)c1ccc2c(c1)CCO2. The molecule has 0 saturated heterocycles. The smallest absolute Gasteiger partial charge is 0.336 e. The number of anilines is 1. The molecule has 0 bridgehead atoms. The maximum Gasteiger partial charge on any atom is 0.336 e. The number of rotatable bonds is 2. The monoisotopic (exact) mass is 335 g/mol. The number of ether oxygens (including phenoxy) is 1. The van der Waals surface area contributed by atoms with Crippen molar-refractivity contribution in [2.24, 2.45) is 0 Å². The fourth-order valence-corrected chi connectivity index (χ4v) is 3.12. The van der Waals surface area contributed by atoms with Crippen molar-refractivity contribution < 1.29 is 13.9 Å². The summed E-state index contributed by atoms with van der Waals surface area (Å²) < 4.78 is 10.7. The lowest BCUT2D eigenvalue weighted by molar-refractivity contribution is 0.102. The van der Waals surface area contributed by atoms with E-state index >= 15 is 0 Å². The topological polar surface area (TPSA) is 68.5 Å². The fraction of sp³-hybridized carbons (Fsp3) is 0.200. The highest BCUT2D eigenvalue weighted by Gasteiger charge is 2.16. The van der Waals surface area contributed by atoms with Crippen LogP contribution in [0.2, 0.25) is 0 Å². The summed E-state index contributed by atoms with van der Waals surface area (Å²) in [6, 6.07) is 10.5. The molecule has 1 aromatic heterocycles. The van der Waals surface area contributed by atoms with Gasteiger partial charge in [-0.25, -0.2) is 4.79 Å². The average molecular weight is 335 g/mol. The fourth-order valence-electron chi connectivity index (χ4n) is 3.12. The molecule has 1 N–H and O–H groups in total. The summed E-state index contributed by atoms with van der Waals surface area (Å²) in [7, 11) is 0. The standard InChI is InChI=1S/C20H17NO4/c1-11-8-19(22)25-18-7-12(2)16(10-15(11)18)21-20(23)14-3-4-17-13(9-14)5-6-24-17/h3-4,7-10H,5-6H2,1-2H3,(H,21,23). The molecule has 0 atom stereocenters. The van der Waals surface area contributed by atoms with Gasteiger partial charge in [0.1, 0.15) is 11.3 Å². The van der Waals surface area contributed by atoms with Crippen molar-refractivity contribution in [3.63, 3.8) is 0 Å². The number of carbonyl (C=O) groups is 1. The van der Waals surface area contributed by atoms with Crippen LogP contribution in [0.3, 0.4) is 0 Å². The van der Waals surface area contributed by atoms with Gasteiger partial charge in [0, 0.05) is 29.1 Å². The summed E-state index contributed by atoms with van der Waals surface area (Å²) in [4.78, 5) is 24.1. The highest BCUT2D eigenvalue weighted by molar-refractivity contribution is 6.06. The Balaban J connectivity index is 1.69. The second-order valence-electron chi connectivity index (χ2n) is 6.29. The number of hydrogen-bond acceptors (Lipinski definition) is 4. The van der Waals surface area contributed by atoms with Gasteiger partial charge in [-0.05, 0) is 60.9 Å². The van der Waals surface area contributed by atoms with E-state index in [1.807, 2.05) is 32.0 Å². The molecular formula is C20H17NO4. The molecule has 25 heavy (non-hydrogen) atoms. The molecule has 0 aliphatic carbocycles. The molecule has 126 valence electrons. The van der Waals surface area contributed by atoms with Crippen LogP contribution in [0.5, 0.6) is 5.75 Å². The first kappa shape index (κ1) is 15.4. The minimum Gasteiger partial charge on any atom is -0.493 e. The van der Waals surface area contributed by atoms with Gasteiger partial charge in [0.25, 0.3) is 5.91 Å². The second-order valence-corrected chi connectivity index (χ2v) is 6.29. The molecule has 4 rings (SSSR count). The van der Waals surface area contributed by atoms with Crippen molar-refractivity contribution in [1.29, 1.82) is 0 Å². The van der Waals surface area contributed by atoms with E-state index in [1.165, 1.54) is 6.07 Å². The Bertz CT molecular complexity index is 1070. The van der Waals surface area contributed by atoms with Crippen LogP contribution in [-0.4, -0.2) is 12.5 Å². The summed E-state index contributed by atoms with van der Waals surface area (Å²) in [6.07, 6.45) is 0.823. The predicted molar refractivity (Wildman–Crippen MR) is 95.6 cm³/mol. The lowest BCUT2D eigenvalue weighted by atomic mass is 10.1. The number of amides is 1. The third-order valence-electron chi connectivity index (χ3n) is 4.50. The normalized spacial score (nSPS) is 12.7. The Morgan fingerprint density at radius 1 is 1.08 bits per heavy atom. The molecule has 1 aliphatic heterocycles. The van der Waals surface area contributed by atoms with Gasteiger partial charge in [-0.1, -0.05) is 0 Å². The Morgan fingerprint density at radius 2 is 1.92 bits per heavy atom. The van der Waals surface area contributed by atoms with Gasteiger partial charge < -0.3 is 14.5 Å². The minimum atomic E-state index is -0.374. The van der Waals surface area contributed by atoms with Crippen molar-refractivity contribution in [2.75, 3.05) is 11.9 Å². The molecule has 0 spiro atoms. The Labute approximate surface area is 144 Å². The lowest BCUT2D eigenvalue weighted by Crippen LogP contribution is -2.13. The Hall–Kier alpha value is -3.08. The highest BCUT2D eigenvalue weighted by atomic mass is 16.5. The molecule has 2 aromatic carbocycles. The van der Waals surface area contributed by atoms with Gasteiger partial charge in [-0.15, -0.1) is 0 Å². The van der Waals surface area contributed by atoms with Crippen LogP contribution >= 0.6 is 0 Å². The van der Waals surface area contributed by atoms with Gasteiger partial charge in [0.2, 0.25) is 0 Å². The molecule has 5 nitrogen and oxygen atoms in total. The first-order valence-electron chi connectivity index (χ1n) is 8.13. The molecule has 5 heteroatoms. The third kappa shape index (κ3) is 2.78. The first-order valence-corrected chi connectivity index (χ1v) is 8.13. The first-order chi connectivity index (χ1) is 12.0. The van der Waals surface area contributed by atoms with E-state index < -0.39 is 0 Å². The number of aryl methyl sites for hydroxylation is 2. The molecule has 3 aromatic rings. The van der Waals surface area contributed by atoms with Crippen LogP contribution in [0.1, 0.15) is 27.0 Å². The molecule has 0 saturated carbocycles. The maximum absolute atomic E-state index is 12.6. The van der Waals surface area contributed by atoms with Crippen LogP contribution in [0, 0.1) is 13.8 Å². The average Bonchev–Trinajstić information content (AvgIpc) is 3.03. The summed E-state index contributed by atoms with van der Waals surface area (Å²) >= 11 is 0. The summed E-state index contributed by atoms with van der Waals surface area (Å²) in [5, 5.41) is 3.76. The van der Waals surface area contributed by atoms with Crippen LogP contribution < -0.4 is 15.7 Å². The van der Waals surface area contributed by atoms with Crippen LogP contribution in [0.25, 0.3) is 11.0 Å². The van der Waals surface area contributed by atoms with Crippen LogP contribution in [-0.2, 0) is 6.42 Å². The summed E-state index contributed by atoms with van der Waals surface area (Å²) in [5.74, 6) is 0.677. The summed E-state index contributed by atoms with van der Waals surface area (Å²) in [6.45, 7) is 4.38. The van der Waals surface area contributed by atoms with Gasteiger partial charge in [0.15, 0.2) is 0 Å². The highest BCUT2D eigenvalue weighted by Crippen LogP contribution is 2.28.